The molecule has 3 aromatic rings. The van der Waals surface area contributed by atoms with E-state index in [1.807, 2.05) is 6.92 Å². The summed E-state index contributed by atoms with van der Waals surface area (Å²) >= 11 is 0. The van der Waals surface area contributed by atoms with E-state index < -0.39 is 47.6 Å². The second-order valence-electron chi connectivity index (χ2n) is 7.60. The minimum absolute atomic E-state index is 0.330. The molecule has 0 saturated heterocycles. The molecule has 4 rings (SSSR count). The highest BCUT2D eigenvalue weighted by Crippen LogP contribution is 2.45. The van der Waals surface area contributed by atoms with Crippen LogP contribution in [0.4, 0.5) is 36.4 Å². The number of aryl methyl sites for hydroxylation is 1. The van der Waals surface area contributed by atoms with E-state index in [1.54, 1.807) is 36.7 Å². The van der Waals surface area contributed by atoms with Gasteiger partial charge in [-0.1, -0.05) is 18.2 Å². The number of nitrogens with zero attached hydrogens (tertiary/aromatic N) is 3. The van der Waals surface area contributed by atoms with Gasteiger partial charge in [0.2, 0.25) is 0 Å². The summed E-state index contributed by atoms with van der Waals surface area (Å²) in [5.41, 5.74) is 0.711. The van der Waals surface area contributed by atoms with E-state index in [0.29, 0.717) is 17.2 Å². The predicted octanol–water partition coefficient (Wildman–Crippen LogP) is 6.84. The lowest BCUT2D eigenvalue weighted by Crippen LogP contribution is -2.43. The van der Waals surface area contributed by atoms with Crippen molar-refractivity contribution in [2.45, 2.75) is 31.5 Å². The summed E-state index contributed by atoms with van der Waals surface area (Å²) in [7, 11) is 0. The van der Waals surface area contributed by atoms with E-state index in [2.05, 4.69) is 10.1 Å². The lowest BCUT2D eigenvalue weighted by molar-refractivity contribution is -0.249. The zero-order valence-electron chi connectivity index (χ0n) is 17.0. The molecule has 0 fully saturated rings. The molecule has 2 heterocycles. The van der Waals surface area contributed by atoms with Crippen LogP contribution in [-0.2, 0) is 0 Å². The lowest BCUT2D eigenvalue weighted by Gasteiger charge is -2.25. The van der Waals surface area contributed by atoms with Gasteiger partial charge in [0.1, 0.15) is 11.5 Å². The Bertz CT molecular complexity index is 1220. The zero-order valence-corrected chi connectivity index (χ0v) is 17.0. The number of hydrazone groups is 1. The topological polar surface area (TPSA) is 28.5 Å². The van der Waals surface area contributed by atoms with Crippen molar-refractivity contribution in [3.63, 3.8) is 0 Å². The number of alkyl halides is 5. The first-order valence-corrected chi connectivity index (χ1v) is 9.77. The van der Waals surface area contributed by atoms with Gasteiger partial charge in [0.25, 0.3) is 0 Å². The first-order chi connectivity index (χ1) is 15.5. The second kappa shape index (κ2) is 8.17. The molecule has 0 bridgehead atoms. The molecular formula is C23H16F7N3. The monoisotopic (exact) mass is 467 g/mol. The van der Waals surface area contributed by atoms with E-state index in [-0.39, 0.29) is 0 Å². The molecule has 0 saturated carbocycles. The third-order valence-electron chi connectivity index (χ3n) is 5.41. The Hall–Kier alpha value is -3.43. The van der Waals surface area contributed by atoms with Crippen LogP contribution in [0.2, 0.25) is 0 Å². The van der Waals surface area contributed by atoms with Crippen molar-refractivity contribution >= 4 is 11.4 Å². The van der Waals surface area contributed by atoms with Gasteiger partial charge in [-0.15, -0.1) is 0 Å². The van der Waals surface area contributed by atoms with Crippen molar-refractivity contribution in [2.24, 2.45) is 5.10 Å². The molecule has 10 heteroatoms. The summed E-state index contributed by atoms with van der Waals surface area (Å²) in [4.78, 5) is 4.06. The first kappa shape index (κ1) is 22.8. The quantitative estimate of drug-likeness (QED) is 0.393. The van der Waals surface area contributed by atoms with E-state index in [1.165, 1.54) is 6.07 Å². The molecule has 0 amide bonds. The van der Waals surface area contributed by atoms with Gasteiger partial charge < -0.3 is 0 Å². The highest BCUT2D eigenvalue weighted by Gasteiger charge is 2.63. The Kier molecular flexibility index (Phi) is 5.63. The number of rotatable bonds is 4. The van der Waals surface area contributed by atoms with Crippen molar-refractivity contribution in [3.8, 4) is 11.1 Å². The number of halogens is 7. The van der Waals surface area contributed by atoms with Crippen LogP contribution in [0.5, 0.6) is 0 Å². The fraction of sp³-hybridized carbons (Fsp3) is 0.217. The second-order valence-corrected chi connectivity index (χ2v) is 7.60. The maximum Gasteiger partial charge on any atom is 0.459 e. The van der Waals surface area contributed by atoms with Gasteiger partial charge in [0.05, 0.1) is 11.7 Å². The SMILES string of the molecule is Cc1ccncc1-c1cccc(C2CC(C(F)(F)C(F)(F)F)=NN2c2ccc(F)cc2F)c1. The van der Waals surface area contributed by atoms with Gasteiger partial charge in [-0.2, -0.15) is 27.1 Å². The van der Waals surface area contributed by atoms with Crippen LogP contribution >= 0.6 is 0 Å². The van der Waals surface area contributed by atoms with Gasteiger partial charge in [-0.3, -0.25) is 9.99 Å². The van der Waals surface area contributed by atoms with Crippen LogP contribution in [0.1, 0.15) is 23.6 Å². The van der Waals surface area contributed by atoms with Gasteiger partial charge in [0.15, 0.2) is 5.82 Å². The molecule has 172 valence electrons. The standard InChI is InChI=1S/C23H16F7N3/c1-13-7-8-31-12-17(13)14-3-2-4-15(9-14)20-11-21(22(26,27)23(28,29)30)32-33(20)19-6-5-16(24)10-18(19)25/h2-10,12,20H,11H2,1H3. The summed E-state index contributed by atoms with van der Waals surface area (Å²) in [5, 5.41) is 4.22. The maximum atomic E-state index is 14.5. The van der Waals surface area contributed by atoms with Crippen molar-refractivity contribution in [2.75, 3.05) is 5.01 Å². The minimum atomic E-state index is -5.87. The Morgan fingerprint density at radius 1 is 0.970 bits per heavy atom. The molecule has 1 atom stereocenters. The number of benzene rings is 2. The zero-order chi connectivity index (χ0) is 24.0. The number of aromatic nitrogens is 1. The van der Waals surface area contributed by atoms with Gasteiger partial charge in [-0.25, -0.2) is 8.78 Å². The van der Waals surface area contributed by atoms with Gasteiger partial charge >= 0.3 is 12.1 Å². The largest absolute Gasteiger partial charge is 0.459 e. The first-order valence-electron chi connectivity index (χ1n) is 9.77. The highest BCUT2D eigenvalue weighted by molar-refractivity contribution is 5.95. The normalized spacial score (nSPS) is 16.8. The van der Waals surface area contributed by atoms with Crippen LogP contribution in [0.25, 0.3) is 11.1 Å². The molecule has 2 aromatic carbocycles. The molecule has 0 radical (unpaired) electrons. The number of hydrogen-bond acceptors (Lipinski definition) is 3. The molecule has 1 aliphatic rings. The van der Waals surface area contributed by atoms with Crippen LogP contribution in [0, 0.1) is 18.6 Å². The molecule has 1 unspecified atom stereocenters. The average Bonchev–Trinajstić information content (AvgIpc) is 3.19. The smallest absolute Gasteiger partial charge is 0.264 e. The van der Waals surface area contributed by atoms with E-state index in [0.717, 1.165) is 28.3 Å². The fourth-order valence-electron chi connectivity index (χ4n) is 3.69. The van der Waals surface area contributed by atoms with Crippen molar-refractivity contribution in [1.29, 1.82) is 0 Å². The van der Waals surface area contributed by atoms with Gasteiger partial charge in [0, 0.05) is 30.4 Å². The Labute approximate surface area is 184 Å². The summed E-state index contributed by atoms with van der Waals surface area (Å²) in [5.74, 6) is -7.28. The molecule has 1 aromatic heterocycles. The molecule has 33 heavy (non-hydrogen) atoms. The third kappa shape index (κ3) is 4.17. The molecule has 3 nitrogen and oxygen atoms in total. The average molecular weight is 467 g/mol. The molecule has 0 aliphatic carbocycles. The van der Waals surface area contributed by atoms with Crippen molar-refractivity contribution in [3.05, 3.63) is 83.7 Å². The van der Waals surface area contributed by atoms with Crippen molar-refractivity contribution < 1.29 is 30.7 Å². The summed E-state index contributed by atoms with van der Waals surface area (Å²) in [6.07, 6.45) is -3.49. The fourth-order valence-corrected chi connectivity index (χ4v) is 3.69. The van der Waals surface area contributed by atoms with E-state index >= 15 is 0 Å². The van der Waals surface area contributed by atoms with Crippen molar-refractivity contribution in [1.82, 2.24) is 4.98 Å². The highest BCUT2D eigenvalue weighted by atomic mass is 19.4. The number of hydrogen-bond donors (Lipinski definition) is 0. The summed E-state index contributed by atoms with van der Waals surface area (Å²) in [6.45, 7) is 1.84. The minimum Gasteiger partial charge on any atom is -0.264 e. The Morgan fingerprint density at radius 3 is 2.39 bits per heavy atom. The Morgan fingerprint density at radius 2 is 1.73 bits per heavy atom. The molecule has 1 aliphatic heterocycles. The molecule has 0 N–H and O–H groups in total. The van der Waals surface area contributed by atoms with E-state index in [9.17, 15) is 30.7 Å². The predicted molar refractivity (Wildman–Crippen MR) is 109 cm³/mol. The third-order valence-corrected chi connectivity index (χ3v) is 5.41. The molecular weight excluding hydrogens is 451 g/mol. The van der Waals surface area contributed by atoms with Crippen LogP contribution in [-0.4, -0.2) is 22.8 Å². The summed E-state index contributed by atoms with van der Waals surface area (Å²) < 4.78 is 95.2. The van der Waals surface area contributed by atoms with Gasteiger partial charge in [-0.05, 0) is 47.9 Å². The lowest BCUT2D eigenvalue weighted by atomic mass is 9.94. The van der Waals surface area contributed by atoms with E-state index in [4.69, 9.17) is 0 Å². The molecule has 0 spiro atoms. The van der Waals surface area contributed by atoms with Crippen LogP contribution < -0.4 is 5.01 Å². The number of anilines is 1. The van der Waals surface area contributed by atoms with Crippen LogP contribution in [0.3, 0.4) is 0 Å². The maximum absolute atomic E-state index is 14.5. The summed E-state index contributed by atoms with van der Waals surface area (Å²) in [6, 6.07) is 9.40. The number of pyridine rings is 1. The van der Waals surface area contributed by atoms with Crippen LogP contribution in [0.15, 0.2) is 66.0 Å². The Balaban J connectivity index is 1.81.